The molecule has 0 atom stereocenters. The number of nitrogens with one attached hydrogen (secondary N) is 2. The summed E-state index contributed by atoms with van der Waals surface area (Å²) in [4.78, 5) is 42.2. The Kier molecular flexibility index (Phi) is 6.30. The number of fused-ring (bicyclic) bond motifs is 1. The summed E-state index contributed by atoms with van der Waals surface area (Å²) in [6.45, 7) is 2.70. The normalized spacial score (nSPS) is 16.8. The summed E-state index contributed by atoms with van der Waals surface area (Å²) < 4.78 is 1.59. The highest BCUT2D eigenvalue weighted by Crippen LogP contribution is 2.25. The molecular formula is C27H24N10O2. The first kappa shape index (κ1) is 24.1. The molecule has 2 fully saturated rings. The van der Waals surface area contributed by atoms with Gasteiger partial charge in [-0.05, 0) is 36.8 Å². The van der Waals surface area contributed by atoms with E-state index < -0.39 is 5.91 Å². The molecule has 2 amide bonds. The molecule has 0 unspecified atom stereocenters. The molecule has 4 aromatic rings. The summed E-state index contributed by atoms with van der Waals surface area (Å²) in [6, 6.07) is 15.4. The Bertz CT molecular complexity index is 1640. The first-order valence-electron chi connectivity index (χ1n) is 12.6. The predicted molar refractivity (Wildman–Crippen MR) is 144 cm³/mol. The van der Waals surface area contributed by atoms with Crippen molar-refractivity contribution in [3.8, 4) is 6.07 Å². The minimum Gasteiger partial charge on any atom is -0.354 e. The van der Waals surface area contributed by atoms with Gasteiger partial charge in [0.1, 0.15) is 11.9 Å². The maximum atomic E-state index is 12.2. The number of anilines is 4. The Morgan fingerprint density at radius 1 is 1.00 bits per heavy atom. The Balaban J connectivity index is 1.36. The van der Waals surface area contributed by atoms with E-state index in [4.69, 9.17) is 9.97 Å². The number of hydrogen-bond donors (Lipinski definition) is 2. The highest BCUT2D eigenvalue weighted by Gasteiger charge is 2.26. The summed E-state index contributed by atoms with van der Waals surface area (Å²) in [5.74, 6) is 0.923. The van der Waals surface area contributed by atoms with Crippen LogP contribution >= 0.6 is 0 Å². The summed E-state index contributed by atoms with van der Waals surface area (Å²) in [6.07, 6.45) is 5.80. The van der Waals surface area contributed by atoms with E-state index in [9.17, 15) is 14.9 Å². The molecule has 2 aliphatic heterocycles. The molecule has 0 spiro atoms. The second kappa shape index (κ2) is 10.2. The monoisotopic (exact) mass is 520 g/mol. The van der Waals surface area contributed by atoms with Crippen LogP contribution in [0.25, 0.3) is 11.7 Å². The number of carbonyl (C=O) groups excluding carboxylic acids is 2. The van der Waals surface area contributed by atoms with E-state index in [0.29, 0.717) is 59.7 Å². The number of nitrogens with zero attached hydrogens (tertiary/aromatic N) is 8. The van der Waals surface area contributed by atoms with Crippen molar-refractivity contribution in [2.45, 2.75) is 12.8 Å². The van der Waals surface area contributed by atoms with Gasteiger partial charge in [-0.2, -0.15) is 24.8 Å². The van der Waals surface area contributed by atoms with E-state index in [1.807, 2.05) is 30.3 Å². The number of hydrogen-bond acceptors (Lipinski definition) is 10. The van der Waals surface area contributed by atoms with Crippen LogP contribution in [-0.4, -0.2) is 62.6 Å². The Labute approximate surface area is 223 Å². The van der Waals surface area contributed by atoms with Gasteiger partial charge in [-0.15, -0.1) is 0 Å². The second-order valence-corrected chi connectivity index (χ2v) is 9.21. The molecular weight excluding hydrogens is 496 g/mol. The predicted octanol–water partition coefficient (Wildman–Crippen LogP) is 2.28. The van der Waals surface area contributed by atoms with Crippen molar-refractivity contribution in [1.82, 2.24) is 29.9 Å². The average molecular weight is 521 g/mol. The standard InChI is InChI=1S/C27H24N10O2/c28-16-18-6-4-9-29-23(18)35-10-5-11-36(13-12-35)26-33-24-20(14-19-15-22(38)32-25(19)39)17-30-37(24)27(34-26)31-21-7-2-1-3-8-21/h1-4,6-9,14,17H,5,10-13,15H2,(H,31,33,34)(H,32,38,39)/b19-14+. The molecule has 0 bridgehead atoms. The molecule has 3 aromatic heterocycles. The highest BCUT2D eigenvalue weighted by molar-refractivity contribution is 6.15. The lowest BCUT2D eigenvalue weighted by atomic mass is 10.1. The number of carbonyl (C=O) groups is 2. The van der Waals surface area contributed by atoms with E-state index in [1.165, 1.54) is 0 Å². The lowest BCUT2D eigenvalue weighted by Crippen LogP contribution is -2.32. The molecule has 2 N–H and O–H groups in total. The number of benzene rings is 1. The van der Waals surface area contributed by atoms with Gasteiger partial charge in [0.25, 0.3) is 5.91 Å². The topological polar surface area (TPSA) is 144 Å². The molecule has 2 aliphatic rings. The lowest BCUT2D eigenvalue weighted by molar-refractivity contribution is -0.124. The first-order chi connectivity index (χ1) is 19.1. The van der Waals surface area contributed by atoms with E-state index in [-0.39, 0.29) is 12.3 Å². The average Bonchev–Trinajstić information content (AvgIpc) is 3.40. The fraction of sp³-hybridized carbons (Fsp3) is 0.222. The molecule has 0 radical (unpaired) electrons. The number of para-hydroxylation sites is 1. The zero-order valence-corrected chi connectivity index (χ0v) is 20.9. The minimum atomic E-state index is -0.407. The van der Waals surface area contributed by atoms with E-state index in [2.05, 4.69) is 36.6 Å². The number of amides is 2. The van der Waals surface area contributed by atoms with E-state index in [0.717, 1.165) is 18.7 Å². The van der Waals surface area contributed by atoms with Crippen molar-refractivity contribution in [3.63, 3.8) is 0 Å². The molecule has 2 saturated heterocycles. The quantitative estimate of drug-likeness (QED) is 0.297. The largest absolute Gasteiger partial charge is 0.354 e. The maximum absolute atomic E-state index is 12.2. The van der Waals surface area contributed by atoms with Gasteiger partial charge in [0.2, 0.25) is 17.8 Å². The second-order valence-electron chi connectivity index (χ2n) is 9.21. The van der Waals surface area contributed by atoms with Crippen LogP contribution in [0.1, 0.15) is 24.0 Å². The van der Waals surface area contributed by atoms with Crippen LogP contribution in [0.5, 0.6) is 0 Å². The highest BCUT2D eigenvalue weighted by atomic mass is 16.2. The van der Waals surface area contributed by atoms with E-state index >= 15 is 0 Å². The third-order valence-electron chi connectivity index (χ3n) is 6.62. The van der Waals surface area contributed by atoms with Crippen LogP contribution in [0.2, 0.25) is 0 Å². The molecule has 0 aliphatic carbocycles. The number of imide groups is 1. The van der Waals surface area contributed by atoms with Gasteiger partial charge in [0.15, 0.2) is 5.65 Å². The fourth-order valence-corrected chi connectivity index (χ4v) is 4.73. The lowest BCUT2D eigenvalue weighted by Gasteiger charge is -2.23. The van der Waals surface area contributed by atoms with Gasteiger partial charge >= 0.3 is 0 Å². The third kappa shape index (κ3) is 4.85. The van der Waals surface area contributed by atoms with Crippen LogP contribution in [0.4, 0.5) is 23.4 Å². The molecule has 0 saturated carbocycles. The number of nitriles is 1. The van der Waals surface area contributed by atoms with Crippen LogP contribution in [-0.2, 0) is 9.59 Å². The first-order valence-corrected chi connectivity index (χ1v) is 12.6. The van der Waals surface area contributed by atoms with Crippen molar-refractivity contribution < 1.29 is 9.59 Å². The van der Waals surface area contributed by atoms with Gasteiger partial charge < -0.3 is 15.1 Å². The molecule has 12 nitrogen and oxygen atoms in total. The van der Waals surface area contributed by atoms with Crippen LogP contribution in [0.15, 0.2) is 60.4 Å². The molecule has 39 heavy (non-hydrogen) atoms. The third-order valence-corrected chi connectivity index (χ3v) is 6.62. The van der Waals surface area contributed by atoms with Crippen LogP contribution < -0.4 is 20.4 Å². The summed E-state index contributed by atoms with van der Waals surface area (Å²) in [5, 5.41) is 19.6. The molecule has 194 valence electrons. The van der Waals surface area contributed by atoms with Crippen molar-refractivity contribution >= 4 is 46.9 Å². The maximum Gasteiger partial charge on any atom is 0.254 e. The van der Waals surface area contributed by atoms with E-state index in [1.54, 1.807) is 35.1 Å². The SMILES string of the molecule is N#Cc1cccnc1N1CCCN(c2nc(Nc3ccccc3)n3ncc(/C=C4\CC(=O)NC4=O)c3n2)CC1. The zero-order valence-electron chi connectivity index (χ0n) is 20.9. The minimum absolute atomic E-state index is 0.0173. The van der Waals surface area contributed by atoms with Crippen molar-refractivity contribution in [1.29, 1.82) is 5.26 Å². The van der Waals surface area contributed by atoms with Gasteiger partial charge in [-0.3, -0.25) is 14.9 Å². The van der Waals surface area contributed by atoms with Crippen LogP contribution in [0.3, 0.4) is 0 Å². The zero-order chi connectivity index (χ0) is 26.8. The summed E-state index contributed by atoms with van der Waals surface area (Å²) >= 11 is 0. The van der Waals surface area contributed by atoms with Crippen LogP contribution in [0, 0.1) is 11.3 Å². The number of rotatable bonds is 5. The smallest absolute Gasteiger partial charge is 0.254 e. The summed E-state index contributed by atoms with van der Waals surface area (Å²) in [7, 11) is 0. The summed E-state index contributed by atoms with van der Waals surface area (Å²) in [5.41, 5.74) is 2.86. The van der Waals surface area contributed by atoms with Gasteiger partial charge in [-0.1, -0.05) is 18.2 Å². The van der Waals surface area contributed by atoms with Crippen molar-refractivity contribution in [2.24, 2.45) is 0 Å². The Morgan fingerprint density at radius 3 is 2.62 bits per heavy atom. The van der Waals surface area contributed by atoms with Crippen molar-refractivity contribution in [2.75, 3.05) is 41.3 Å². The number of pyridine rings is 1. The molecule has 12 heteroatoms. The molecule has 1 aromatic carbocycles. The fourth-order valence-electron chi connectivity index (χ4n) is 4.73. The van der Waals surface area contributed by atoms with Gasteiger partial charge in [-0.25, -0.2) is 4.98 Å². The van der Waals surface area contributed by atoms with Gasteiger partial charge in [0, 0.05) is 49.2 Å². The number of aromatic nitrogens is 5. The Morgan fingerprint density at radius 2 is 1.82 bits per heavy atom. The molecule has 6 rings (SSSR count). The van der Waals surface area contributed by atoms with Gasteiger partial charge in [0.05, 0.1) is 18.2 Å². The van der Waals surface area contributed by atoms with Crippen molar-refractivity contribution in [3.05, 3.63) is 71.6 Å². The Hall–Kier alpha value is -5.31. The molecule has 5 heterocycles.